The van der Waals surface area contributed by atoms with Gasteiger partial charge in [0.1, 0.15) is 17.3 Å². The van der Waals surface area contributed by atoms with Crippen molar-refractivity contribution in [3.8, 4) is 62.1 Å². The van der Waals surface area contributed by atoms with Gasteiger partial charge in [0.25, 0.3) is 6.33 Å². The van der Waals surface area contributed by atoms with Crippen molar-refractivity contribution in [3.63, 3.8) is 0 Å². The van der Waals surface area contributed by atoms with Crippen molar-refractivity contribution < 1.29 is 24.4 Å². The van der Waals surface area contributed by atoms with Crippen LogP contribution in [0.5, 0.6) is 11.5 Å². The van der Waals surface area contributed by atoms with Crippen LogP contribution in [-0.2, 0) is 0 Å². The number of aromatic nitrogens is 4. The molecule has 0 amide bonds. The minimum absolute atomic E-state index is 0.0445. The van der Waals surface area contributed by atoms with Gasteiger partial charge in [-0.1, -0.05) is 160 Å². The van der Waals surface area contributed by atoms with E-state index in [1.165, 1.54) is 0 Å². The lowest BCUT2D eigenvalue weighted by atomic mass is 9.91. The van der Waals surface area contributed by atoms with Crippen molar-refractivity contribution in [2.45, 2.75) is 33.6 Å². The zero-order valence-corrected chi connectivity index (χ0v) is 36.1. The summed E-state index contributed by atoms with van der Waals surface area (Å²) in [4.78, 5) is 4.88. The summed E-state index contributed by atoms with van der Waals surface area (Å²) in [5, 5.41) is 2.01. The predicted molar refractivity (Wildman–Crippen MR) is 267 cm³/mol. The Morgan fingerprint density at radius 3 is 2.05 bits per heavy atom. The predicted octanol–water partition coefficient (Wildman–Crippen LogP) is 15.1. The third kappa shape index (κ3) is 7.25. The Hall–Kier alpha value is -8.02. The highest BCUT2D eigenvalue weighted by molar-refractivity contribution is 6.10. The number of para-hydroxylation sites is 2. The number of pyridine rings is 1. The Morgan fingerprint density at radius 2 is 1.31 bits per heavy atom. The molecule has 0 aliphatic heterocycles. The molecule has 314 valence electrons. The Morgan fingerprint density at radius 1 is 0.600 bits per heavy atom. The molecule has 0 saturated carbocycles. The number of hydrogen-bond donors (Lipinski definition) is 0. The maximum absolute atomic E-state index is 9.27. The second-order valence-electron chi connectivity index (χ2n) is 16.4. The average Bonchev–Trinajstić information content (AvgIpc) is 4.01. The molecule has 0 radical (unpaired) electrons. The second kappa shape index (κ2) is 16.6. The molecular weight excluding hydrogens is 793 g/mol. The molecule has 1 atom stereocenters. The van der Waals surface area contributed by atoms with Gasteiger partial charge in [0.05, 0.1) is 47.1 Å². The van der Waals surface area contributed by atoms with E-state index in [0.717, 1.165) is 44.1 Å². The van der Waals surface area contributed by atoms with E-state index in [1.807, 2.05) is 119 Å². The smallest absolute Gasteiger partial charge is 0.269 e. The lowest BCUT2D eigenvalue weighted by molar-refractivity contribution is -0.571. The van der Waals surface area contributed by atoms with E-state index in [1.54, 1.807) is 33.5 Å². The fourth-order valence-corrected chi connectivity index (χ4v) is 8.70. The van der Waals surface area contributed by atoms with E-state index in [2.05, 4.69) is 41.2 Å². The maximum Gasteiger partial charge on any atom is 0.269 e. The molecule has 11 rings (SSSR count). The molecule has 0 saturated heterocycles. The first-order valence-electron chi connectivity index (χ1n) is 27.0. The molecule has 0 bridgehead atoms. The zero-order valence-electron chi connectivity index (χ0n) is 47.1. The molecule has 0 fully saturated rings. The van der Waals surface area contributed by atoms with Crippen molar-refractivity contribution in [3.05, 3.63) is 224 Å². The number of imidazole rings is 1. The van der Waals surface area contributed by atoms with Crippen LogP contribution in [0.3, 0.4) is 0 Å². The third-order valence-corrected chi connectivity index (χ3v) is 12.1. The van der Waals surface area contributed by atoms with Gasteiger partial charge in [0.2, 0.25) is 0 Å². The highest BCUT2D eigenvalue weighted by atomic mass is 16.5. The lowest BCUT2D eigenvalue weighted by Crippen LogP contribution is -2.32. The van der Waals surface area contributed by atoms with E-state index in [0.29, 0.717) is 34.0 Å². The van der Waals surface area contributed by atoms with Gasteiger partial charge in [0.15, 0.2) is 0 Å². The molecular formula is C60H48N4O. The van der Waals surface area contributed by atoms with Crippen LogP contribution in [-0.4, -0.2) is 14.1 Å². The van der Waals surface area contributed by atoms with Crippen LogP contribution in [0.15, 0.2) is 206 Å². The molecule has 0 aliphatic rings. The van der Waals surface area contributed by atoms with Crippen LogP contribution in [0, 0.1) is 19.2 Å². The Balaban J connectivity index is 1.08. The van der Waals surface area contributed by atoms with Crippen LogP contribution in [0.4, 0.5) is 0 Å². The first-order valence-corrected chi connectivity index (χ1v) is 21.5. The molecule has 0 N–H and O–H groups in total. The van der Waals surface area contributed by atoms with Crippen molar-refractivity contribution >= 4 is 32.8 Å². The van der Waals surface area contributed by atoms with Crippen molar-refractivity contribution in [2.75, 3.05) is 0 Å². The van der Waals surface area contributed by atoms with E-state index in [4.69, 9.17) is 23.4 Å². The standard InChI is InChI=1S/C60H48N4O/c1-40(2)42(4)46-33-34-61-58(36-46)64-55-32-29-47(43-18-8-5-9-19-43)35-54(55)53-31-30-50(38-57(53)64)65-49-25-15-24-48(37-49)62-39-63(59-41(3)17-14-28-56(59)62)60-51(44-20-10-6-11-21-44)26-16-27-52(60)45-22-12-7-13-23-45/h5-38,40,42H,1-4H3/i6D,7D,10D,11D,12D,13D,20D,21D,22D,23D,42D. The summed E-state index contributed by atoms with van der Waals surface area (Å²) in [6.45, 7) is 7.91. The SMILES string of the molecule is [2H]c1c([2H])c([2H])c(-c2cccc(-c3c([2H])c([2H])c([2H])c([2H])c3[2H])c2-[n+]2[c-]n(-c3cccc(Oc4ccc5c6cc(-c7ccccc7)ccc6n(-c6cc(C([2H])(C)C(C)C)ccn6)c5c4)c3)c3cccc(C)c32)c([2H])c1[2H]. The van der Waals surface area contributed by atoms with E-state index < -0.39 is 66.3 Å². The highest BCUT2D eigenvalue weighted by Gasteiger charge is 2.22. The van der Waals surface area contributed by atoms with Gasteiger partial charge >= 0.3 is 0 Å². The highest BCUT2D eigenvalue weighted by Crippen LogP contribution is 2.39. The second-order valence-corrected chi connectivity index (χ2v) is 16.4. The summed E-state index contributed by atoms with van der Waals surface area (Å²) in [5.41, 5.74) is 7.63. The largest absolute Gasteiger partial charge is 0.458 e. The monoisotopic (exact) mass is 851 g/mol. The number of ether oxygens (including phenoxy) is 1. The number of aryl methyl sites for hydroxylation is 1. The van der Waals surface area contributed by atoms with Gasteiger partial charge in [-0.15, -0.1) is 0 Å². The Labute approximate surface area is 395 Å². The number of fused-ring (bicyclic) bond motifs is 4. The fraction of sp³-hybridized carbons (Fsp3) is 0.100. The first kappa shape index (κ1) is 29.4. The van der Waals surface area contributed by atoms with Crippen molar-refractivity contribution in [2.24, 2.45) is 5.92 Å². The molecule has 3 aromatic heterocycles. The van der Waals surface area contributed by atoms with Gasteiger partial charge in [-0.25, -0.2) is 4.98 Å². The first-order chi connectivity index (χ1) is 36.4. The summed E-state index contributed by atoms with van der Waals surface area (Å²) in [7, 11) is 0. The van der Waals surface area contributed by atoms with E-state index in [9.17, 15) is 1.37 Å². The quantitative estimate of drug-likeness (QED) is 0.101. The number of rotatable bonds is 10. The van der Waals surface area contributed by atoms with Crippen LogP contribution in [0.1, 0.15) is 52.9 Å². The molecule has 3 heterocycles. The van der Waals surface area contributed by atoms with Gasteiger partial charge < -0.3 is 4.74 Å². The minimum atomic E-state index is -0.864. The maximum atomic E-state index is 9.27. The molecule has 0 aliphatic carbocycles. The van der Waals surface area contributed by atoms with E-state index >= 15 is 0 Å². The van der Waals surface area contributed by atoms with Crippen LogP contribution in [0.25, 0.3) is 83.4 Å². The Bertz CT molecular complexity index is 4040. The number of nitrogens with zero attached hydrogens (tertiary/aromatic N) is 4. The molecule has 1 unspecified atom stereocenters. The van der Waals surface area contributed by atoms with Crippen molar-refractivity contribution in [1.29, 1.82) is 0 Å². The number of benzene rings is 8. The molecule has 0 spiro atoms. The van der Waals surface area contributed by atoms with Gasteiger partial charge in [-0.3, -0.25) is 13.7 Å². The van der Waals surface area contributed by atoms with Gasteiger partial charge in [-0.2, -0.15) is 0 Å². The topological polar surface area (TPSA) is 35.9 Å². The normalized spacial score (nSPS) is 14.9. The number of hydrogen-bond acceptors (Lipinski definition) is 2. The summed E-state index contributed by atoms with van der Waals surface area (Å²) in [6.07, 6.45) is 5.25. The van der Waals surface area contributed by atoms with Crippen LogP contribution >= 0.6 is 0 Å². The molecule has 65 heavy (non-hydrogen) atoms. The summed E-state index contributed by atoms with van der Waals surface area (Å²) in [5.74, 6) is 0.884. The lowest BCUT2D eigenvalue weighted by Gasteiger charge is -2.17. The average molecular weight is 852 g/mol. The Kier molecular flexibility index (Phi) is 7.50. The summed E-state index contributed by atoms with van der Waals surface area (Å²) >= 11 is 0. The van der Waals surface area contributed by atoms with Gasteiger partial charge in [-0.05, 0) is 118 Å². The van der Waals surface area contributed by atoms with E-state index in [-0.39, 0.29) is 33.9 Å². The molecule has 5 heteroatoms. The molecule has 11 aromatic rings. The minimum Gasteiger partial charge on any atom is -0.458 e. The fourth-order valence-electron chi connectivity index (χ4n) is 8.70. The summed E-state index contributed by atoms with van der Waals surface area (Å²) in [6, 6.07) is 39.2. The van der Waals surface area contributed by atoms with Crippen LogP contribution in [0.2, 0.25) is 0 Å². The van der Waals surface area contributed by atoms with Crippen molar-refractivity contribution in [1.82, 2.24) is 14.1 Å². The zero-order chi connectivity index (χ0) is 53.6. The third-order valence-electron chi connectivity index (χ3n) is 12.1. The molecule has 5 nitrogen and oxygen atoms in total. The van der Waals surface area contributed by atoms with Gasteiger partial charge in [0, 0.05) is 24.4 Å². The molecule has 8 aromatic carbocycles. The summed E-state index contributed by atoms with van der Waals surface area (Å²) < 4.78 is 109. The van der Waals surface area contributed by atoms with Crippen LogP contribution < -0.4 is 9.30 Å².